The molecule has 1 amide bonds. The average Bonchev–Trinajstić information content (AvgIpc) is 2.40. The Morgan fingerprint density at radius 1 is 1.15 bits per heavy atom. The van der Waals surface area contributed by atoms with E-state index in [2.05, 4.69) is 5.32 Å². The first kappa shape index (κ1) is 14.0. The maximum absolute atomic E-state index is 13.3. The lowest BCUT2D eigenvalue weighted by atomic mass is 10.1. The van der Waals surface area contributed by atoms with Crippen molar-refractivity contribution in [3.8, 4) is 5.75 Å². The van der Waals surface area contributed by atoms with Gasteiger partial charge in [0, 0.05) is 17.3 Å². The Bertz CT molecular complexity index is 656. The van der Waals surface area contributed by atoms with Crippen LogP contribution in [0.3, 0.4) is 0 Å². The number of carbonyl (C=O) groups is 1. The quantitative estimate of drug-likeness (QED) is 0.932. The number of halogens is 2. The van der Waals surface area contributed by atoms with Crippen molar-refractivity contribution in [2.24, 2.45) is 0 Å². The smallest absolute Gasteiger partial charge is 0.255 e. The van der Waals surface area contributed by atoms with Crippen molar-refractivity contribution < 1.29 is 18.3 Å². The van der Waals surface area contributed by atoms with Gasteiger partial charge in [0.25, 0.3) is 5.91 Å². The minimum absolute atomic E-state index is 0.0404. The highest BCUT2D eigenvalue weighted by molar-refractivity contribution is 6.05. The van der Waals surface area contributed by atoms with Crippen LogP contribution in [0.5, 0.6) is 5.75 Å². The predicted molar refractivity (Wildman–Crippen MR) is 72.0 cm³/mol. The summed E-state index contributed by atoms with van der Waals surface area (Å²) in [6.07, 6.45) is 0. The van der Waals surface area contributed by atoms with Crippen LogP contribution in [0.15, 0.2) is 36.4 Å². The summed E-state index contributed by atoms with van der Waals surface area (Å²) < 4.78 is 31.1. The van der Waals surface area contributed by atoms with Crippen molar-refractivity contribution in [1.82, 2.24) is 0 Å². The van der Waals surface area contributed by atoms with E-state index in [0.29, 0.717) is 16.8 Å². The Labute approximate surface area is 115 Å². The third-order valence-corrected chi connectivity index (χ3v) is 2.84. The van der Waals surface area contributed by atoms with E-state index < -0.39 is 17.5 Å². The fraction of sp³-hybridized carbons (Fsp3) is 0.133. The summed E-state index contributed by atoms with van der Waals surface area (Å²) in [6, 6.07) is 7.90. The normalized spacial score (nSPS) is 10.2. The Morgan fingerprint density at radius 3 is 2.55 bits per heavy atom. The molecule has 0 unspecified atom stereocenters. The average molecular weight is 277 g/mol. The van der Waals surface area contributed by atoms with Gasteiger partial charge in [0.15, 0.2) is 11.6 Å². The fourth-order valence-corrected chi connectivity index (χ4v) is 1.82. The maximum Gasteiger partial charge on any atom is 0.255 e. The number of hydrogen-bond acceptors (Lipinski definition) is 2. The van der Waals surface area contributed by atoms with Crippen molar-refractivity contribution in [3.63, 3.8) is 0 Å². The first-order valence-corrected chi connectivity index (χ1v) is 5.92. The molecule has 0 aliphatic rings. The largest absolute Gasteiger partial charge is 0.494 e. The molecular weight excluding hydrogens is 264 g/mol. The molecule has 0 saturated carbocycles. The summed E-state index contributed by atoms with van der Waals surface area (Å²) >= 11 is 0. The van der Waals surface area contributed by atoms with Gasteiger partial charge in [-0.3, -0.25) is 4.79 Å². The minimum atomic E-state index is -0.511. The number of rotatable bonds is 3. The number of methoxy groups -OCH3 is 1. The van der Waals surface area contributed by atoms with Crippen LogP contribution < -0.4 is 10.1 Å². The van der Waals surface area contributed by atoms with Crippen LogP contribution in [0.2, 0.25) is 0 Å². The summed E-state index contributed by atoms with van der Waals surface area (Å²) in [7, 11) is 1.34. The van der Waals surface area contributed by atoms with Gasteiger partial charge in [0.05, 0.1) is 7.11 Å². The molecule has 0 aliphatic heterocycles. The van der Waals surface area contributed by atoms with E-state index in [4.69, 9.17) is 4.74 Å². The van der Waals surface area contributed by atoms with E-state index in [1.54, 1.807) is 6.92 Å². The number of amides is 1. The second-order valence-corrected chi connectivity index (χ2v) is 4.26. The molecule has 5 heteroatoms. The third kappa shape index (κ3) is 2.93. The molecule has 2 aromatic carbocycles. The molecule has 0 heterocycles. The second kappa shape index (κ2) is 5.69. The van der Waals surface area contributed by atoms with Crippen LogP contribution in [-0.4, -0.2) is 13.0 Å². The number of benzene rings is 2. The third-order valence-electron chi connectivity index (χ3n) is 2.84. The molecule has 0 radical (unpaired) electrons. The van der Waals surface area contributed by atoms with Crippen LogP contribution in [0.25, 0.3) is 0 Å². The molecule has 0 bridgehead atoms. The molecule has 2 rings (SSSR count). The van der Waals surface area contributed by atoms with E-state index in [1.165, 1.54) is 43.5 Å². The number of aryl methyl sites for hydroxylation is 1. The minimum Gasteiger partial charge on any atom is -0.494 e. The Morgan fingerprint density at radius 2 is 1.90 bits per heavy atom. The highest BCUT2D eigenvalue weighted by atomic mass is 19.1. The molecule has 3 nitrogen and oxygen atoms in total. The molecular formula is C15H13F2NO2. The lowest BCUT2D eigenvalue weighted by Gasteiger charge is -2.09. The topological polar surface area (TPSA) is 38.3 Å². The second-order valence-electron chi connectivity index (χ2n) is 4.26. The van der Waals surface area contributed by atoms with E-state index >= 15 is 0 Å². The van der Waals surface area contributed by atoms with Gasteiger partial charge in [0.1, 0.15) is 5.82 Å². The first-order valence-electron chi connectivity index (χ1n) is 5.92. The molecule has 0 aromatic heterocycles. The summed E-state index contributed by atoms with van der Waals surface area (Å²) in [6.45, 7) is 1.64. The molecule has 104 valence electrons. The SMILES string of the molecule is COc1cc(NC(=O)c2ccc(F)cc2C)ccc1F. The molecule has 0 fully saturated rings. The van der Waals surface area contributed by atoms with Gasteiger partial charge in [-0.2, -0.15) is 0 Å². The van der Waals surface area contributed by atoms with Gasteiger partial charge >= 0.3 is 0 Å². The van der Waals surface area contributed by atoms with E-state index in [1.807, 2.05) is 0 Å². The van der Waals surface area contributed by atoms with Gasteiger partial charge in [-0.25, -0.2) is 8.78 Å². The van der Waals surface area contributed by atoms with Crippen molar-refractivity contribution in [1.29, 1.82) is 0 Å². The number of anilines is 1. The molecule has 0 spiro atoms. The van der Waals surface area contributed by atoms with Crippen molar-refractivity contribution >= 4 is 11.6 Å². The molecule has 1 N–H and O–H groups in total. The fourth-order valence-electron chi connectivity index (χ4n) is 1.82. The van der Waals surface area contributed by atoms with Crippen molar-refractivity contribution in [3.05, 3.63) is 59.2 Å². The van der Waals surface area contributed by atoms with Crippen LogP contribution in [0, 0.1) is 18.6 Å². The van der Waals surface area contributed by atoms with E-state index in [-0.39, 0.29) is 5.75 Å². The lowest BCUT2D eigenvalue weighted by Crippen LogP contribution is -2.13. The van der Waals surface area contributed by atoms with E-state index in [9.17, 15) is 13.6 Å². The highest BCUT2D eigenvalue weighted by Gasteiger charge is 2.11. The summed E-state index contributed by atoms with van der Waals surface area (Å²) in [5, 5.41) is 2.61. The van der Waals surface area contributed by atoms with Gasteiger partial charge in [-0.05, 0) is 42.8 Å². The van der Waals surface area contributed by atoms with Crippen molar-refractivity contribution in [2.45, 2.75) is 6.92 Å². The monoisotopic (exact) mass is 277 g/mol. The number of nitrogens with one attached hydrogen (secondary N) is 1. The Kier molecular flexibility index (Phi) is 3.98. The number of hydrogen-bond donors (Lipinski definition) is 1. The summed E-state index contributed by atoms with van der Waals surface area (Å²) in [5.41, 5.74) is 1.28. The van der Waals surface area contributed by atoms with Crippen LogP contribution in [-0.2, 0) is 0 Å². The number of carbonyl (C=O) groups excluding carboxylic acids is 1. The molecule has 0 atom stereocenters. The van der Waals surface area contributed by atoms with Crippen LogP contribution in [0.4, 0.5) is 14.5 Å². The zero-order chi connectivity index (χ0) is 14.7. The van der Waals surface area contributed by atoms with Gasteiger partial charge in [-0.15, -0.1) is 0 Å². The Balaban J connectivity index is 2.23. The zero-order valence-electron chi connectivity index (χ0n) is 11.0. The predicted octanol–water partition coefficient (Wildman–Crippen LogP) is 3.53. The first-order chi connectivity index (χ1) is 9.51. The van der Waals surface area contributed by atoms with Crippen molar-refractivity contribution in [2.75, 3.05) is 12.4 Å². The molecule has 0 saturated heterocycles. The van der Waals surface area contributed by atoms with Crippen LogP contribution >= 0.6 is 0 Å². The number of ether oxygens (including phenoxy) is 1. The summed E-state index contributed by atoms with van der Waals surface area (Å²) in [5.74, 6) is -1.26. The highest BCUT2D eigenvalue weighted by Crippen LogP contribution is 2.22. The van der Waals surface area contributed by atoms with E-state index in [0.717, 1.165) is 0 Å². The Hall–Kier alpha value is -2.43. The standard InChI is InChI=1S/C15H13F2NO2/c1-9-7-10(16)3-5-12(9)15(19)18-11-4-6-13(17)14(8-11)20-2/h3-8H,1-2H3,(H,18,19). The van der Waals surface area contributed by atoms with Gasteiger partial charge < -0.3 is 10.1 Å². The molecule has 20 heavy (non-hydrogen) atoms. The molecule has 0 aliphatic carbocycles. The maximum atomic E-state index is 13.3. The van der Waals surface area contributed by atoms with Gasteiger partial charge in [0.2, 0.25) is 0 Å². The lowest BCUT2D eigenvalue weighted by molar-refractivity contribution is 0.102. The summed E-state index contributed by atoms with van der Waals surface area (Å²) in [4.78, 5) is 12.1. The van der Waals surface area contributed by atoms with Gasteiger partial charge in [-0.1, -0.05) is 0 Å². The molecule has 2 aromatic rings. The zero-order valence-corrected chi connectivity index (χ0v) is 11.0. The van der Waals surface area contributed by atoms with Crippen LogP contribution in [0.1, 0.15) is 15.9 Å².